The molecule has 0 fully saturated rings. The van der Waals surface area contributed by atoms with Gasteiger partial charge in [-0.3, -0.25) is 0 Å². The third-order valence-corrected chi connectivity index (χ3v) is 4.36. The van der Waals surface area contributed by atoms with Gasteiger partial charge in [-0.2, -0.15) is 0 Å². The molecule has 20 heavy (non-hydrogen) atoms. The minimum atomic E-state index is 0. The highest BCUT2D eigenvalue weighted by atomic mass is 35.5. The van der Waals surface area contributed by atoms with Gasteiger partial charge in [-0.25, -0.2) is 0 Å². The highest BCUT2D eigenvalue weighted by molar-refractivity contribution is 7.99. The van der Waals surface area contributed by atoms with Crippen LogP contribution in [0.25, 0.3) is 11.6 Å². The quantitative estimate of drug-likeness (QED) is 0.793. The van der Waals surface area contributed by atoms with Crippen molar-refractivity contribution < 1.29 is 0 Å². The van der Waals surface area contributed by atoms with Crippen molar-refractivity contribution in [2.75, 3.05) is 20.6 Å². The predicted octanol–water partition coefficient (Wildman–Crippen LogP) is 4.68. The number of hydrogen-bond donors (Lipinski definition) is 0. The summed E-state index contributed by atoms with van der Waals surface area (Å²) in [5.41, 5.74) is 4.07. The summed E-state index contributed by atoms with van der Waals surface area (Å²) in [7, 11) is 4.24. The van der Waals surface area contributed by atoms with Crippen molar-refractivity contribution in [1.82, 2.24) is 4.90 Å². The first kappa shape index (κ1) is 15.2. The molecule has 0 aromatic heterocycles. The zero-order valence-electron chi connectivity index (χ0n) is 11.7. The molecule has 0 N–H and O–H groups in total. The van der Waals surface area contributed by atoms with Crippen molar-refractivity contribution in [2.45, 2.75) is 9.79 Å². The summed E-state index contributed by atoms with van der Waals surface area (Å²) in [6, 6.07) is 17.3. The van der Waals surface area contributed by atoms with Crippen LogP contribution in [0.5, 0.6) is 0 Å². The second-order valence-electron chi connectivity index (χ2n) is 5.04. The maximum Gasteiger partial charge on any atom is 0.0234 e. The van der Waals surface area contributed by atoms with Gasteiger partial charge in [-0.1, -0.05) is 48.2 Å². The Morgan fingerprint density at radius 3 is 2.30 bits per heavy atom. The zero-order chi connectivity index (χ0) is 13.2. The van der Waals surface area contributed by atoms with Gasteiger partial charge in [0.1, 0.15) is 0 Å². The number of hydrogen-bond acceptors (Lipinski definition) is 2. The Bertz CT molecular complexity index is 634. The third-order valence-electron chi connectivity index (χ3n) is 3.19. The van der Waals surface area contributed by atoms with Crippen LogP contribution in [0.4, 0.5) is 0 Å². The molecule has 104 valence electrons. The van der Waals surface area contributed by atoms with E-state index in [1.165, 1.54) is 26.5 Å². The molecule has 0 bridgehead atoms. The minimum absolute atomic E-state index is 0. The van der Waals surface area contributed by atoms with Crippen molar-refractivity contribution in [2.24, 2.45) is 0 Å². The van der Waals surface area contributed by atoms with E-state index in [1.54, 1.807) is 0 Å². The monoisotopic (exact) mass is 303 g/mol. The molecule has 0 saturated carbocycles. The number of likely N-dealkylation sites (N-methyl/N-ethyl adjacent to an activating group) is 1. The Morgan fingerprint density at radius 1 is 0.900 bits per heavy atom. The molecule has 0 atom stereocenters. The molecule has 2 aromatic carbocycles. The minimum Gasteiger partial charge on any atom is -0.305 e. The molecule has 3 rings (SSSR count). The number of benzene rings is 2. The number of halogens is 1. The molecule has 1 aliphatic heterocycles. The lowest BCUT2D eigenvalue weighted by atomic mass is 10.0. The molecule has 1 aliphatic rings. The summed E-state index contributed by atoms with van der Waals surface area (Å²) >= 11 is 1.86. The van der Waals surface area contributed by atoms with Crippen molar-refractivity contribution in [1.29, 1.82) is 0 Å². The van der Waals surface area contributed by atoms with Gasteiger partial charge in [0, 0.05) is 16.3 Å². The van der Waals surface area contributed by atoms with Crippen LogP contribution < -0.4 is 0 Å². The summed E-state index contributed by atoms with van der Waals surface area (Å²) in [4.78, 5) is 4.91. The SMILES string of the molecule is CN(C)CC1=Cc2ccccc2Sc2ccccc21.Cl. The van der Waals surface area contributed by atoms with E-state index in [0.29, 0.717) is 0 Å². The van der Waals surface area contributed by atoms with E-state index in [9.17, 15) is 0 Å². The van der Waals surface area contributed by atoms with Gasteiger partial charge in [-0.15, -0.1) is 12.4 Å². The summed E-state index contributed by atoms with van der Waals surface area (Å²) in [6.07, 6.45) is 2.33. The Morgan fingerprint density at radius 2 is 1.55 bits per heavy atom. The van der Waals surface area contributed by atoms with Crippen molar-refractivity contribution in [3.05, 3.63) is 59.7 Å². The van der Waals surface area contributed by atoms with Gasteiger partial charge < -0.3 is 4.90 Å². The van der Waals surface area contributed by atoms with E-state index >= 15 is 0 Å². The maximum atomic E-state index is 2.33. The molecule has 0 amide bonds. The third kappa shape index (κ3) is 3.09. The van der Waals surface area contributed by atoms with E-state index in [4.69, 9.17) is 0 Å². The molecule has 0 unspecified atom stereocenters. The maximum absolute atomic E-state index is 2.33. The molecular formula is C17H18ClNS. The second-order valence-corrected chi connectivity index (χ2v) is 6.13. The first-order chi connectivity index (χ1) is 9.24. The fourth-order valence-corrected chi connectivity index (χ4v) is 3.45. The largest absolute Gasteiger partial charge is 0.305 e. The van der Waals surface area contributed by atoms with Gasteiger partial charge >= 0.3 is 0 Å². The number of nitrogens with zero attached hydrogens (tertiary/aromatic N) is 1. The van der Waals surface area contributed by atoms with Crippen molar-refractivity contribution >= 4 is 35.8 Å². The lowest BCUT2D eigenvalue weighted by molar-refractivity contribution is 0.463. The van der Waals surface area contributed by atoms with E-state index in [-0.39, 0.29) is 12.4 Å². The van der Waals surface area contributed by atoms with Gasteiger partial charge in [-0.05, 0) is 49.0 Å². The van der Waals surface area contributed by atoms with Crippen LogP contribution in [0, 0.1) is 0 Å². The first-order valence-corrected chi connectivity index (χ1v) is 7.27. The standard InChI is InChI=1S/C17H17NS.ClH/c1-18(2)12-14-11-13-7-3-5-9-16(13)19-17-10-6-4-8-15(14)17;/h3-11H,12H2,1-2H3;1H. The average molecular weight is 304 g/mol. The van der Waals surface area contributed by atoms with Crippen LogP contribution in [0.3, 0.4) is 0 Å². The number of rotatable bonds is 2. The van der Waals surface area contributed by atoms with Crippen LogP contribution >= 0.6 is 24.2 Å². The predicted molar refractivity (Wildman–Crippen MR) is 90.7 cm³/mol. The fraction of sp³-hybridized carbons (Fsp3) is 0.176. The van der Waals surface area contributed by atoms with E-state index < -0.39 is 0 Å². The molecule has 2 aromatic rings. The Labute approximate surface area is 131 Å². The van der Waals surface area contributed by atoms with Crippen LogP contribution in [0.15, 0.2) is 58.3 Å². The Hall–Kier alpha value is -1.22. The summed E-state index contributed by atoms with van der Waals surface area (Å²) in [6.45, 7) is 0.964. The normalized spacial score (nSPS) is 12.8. The Kier molecular flexibility index (Phi) is 4.92. The van der Waals surface area contributed by atoms with E-state index in [2.05, 4.69) is 73.6 Å². The lowest BCUT2D eigenvalue weighted by Gasteiger charge is -2.14. The fourth-order valence-electron chi connectivity index (χ4n) is 2.37. The van der Waals surface area contributed by atoms with Crippen LogP contribution in [-0.4, -0.2) is 25.5 Å². The molecule has 0 saturated heterocycles. The van der Waals surface area contributed by atoms with E-state index in [0.717, 1.165) is 6.54 Å². The molecular weight excluding hydrogens is 286 g/mol. The van der Waals surface area contributed by atoms with Crippen LogP contribution in [0.1, 0.15) is 11.1 Å². The van der Waals surface area contributed by atoms with Crippen LogP contribution in [-0.2, 0) is 0 Å². The highest BCUT2D eigenvalue weighted by Gasteiger charge is 2.15. The summed E-state index contributed by atoms with van der Waals surface area (Å²) < 4.78 is 0. The lowest BCUT2D eigenvalue weighted by Crippen LogP contribution is -2.14. The summed E-state index contributed by atoms with van der Waals surface area (Å²) in [5.74, 6) is 0. The molecule has 0 radical (unpaired) electrons. The molecule has 0 aliphatic carbocycles. The smallest absolute Gasteiger partial charge is 0.0234 e. The molecule has 1 heterocycles. The van der Waals surface area contributed by atoms with Gasteiger partial charge in [0.2, 0.25) is 0 Å². The van der Waals surface area contributed by atoms with Crippen molar-refractivity contribution in [3.63, 3.8) is 0 Å². The van der Waals surface area contributed by atoms with Gasteiger partial charge in [0.05, 0.1) is 0 Å². The molecule has 1 nitrogen and oxygen atoms in total. The first-order valence-electron chi connectivity index (χ1n) is 6.45. The molecule has 3 heteroatoms. The topological polar surface area (TPSA) is 3.24 Å². The van der Waals surface area contributed by atoms with Gasteiger partial charge in [0.15, 0.2) is 0 Å². The number of fused-ring (bicyclic) bond motifs is 2. The highest BCUT2D eigenvalue weighted by Crippen LogP contribution is 2.40. The average Bonchev–Trinajstić information content (AvgIpc) is 2.55. The zero-order valence-corrected chi connectivity index (χ0v) is 13.3. The summed E-state index contributed by atoms with van der Waals surface area (Å²) in [5, 5.41) is 0. The molecule has 0 spiro atoms. The van der Waals surface area contributed by atoms with Crippen molar-refractivity contribution in [3.8, 4) is 0 Å². The second kappa shape index (κ2) is 6.49. The van der Waals surface area contributed by atoms with Crippen LogP contribution in [0.2, 0.25) is 0 Å². The van der Waals surface area contributed by atoms with Gasteiger partial charge in [0.25, 0.3) is 0 Å². The van der Waals surface area contributed by atoms with E-state index in [1.807, 2.05) is 11.8 Å². The Balaban J connectivity index is 0.00000147.